The maximum Gasteiger partial charge on any atom is 0.341 e. The van der Waals surface area contributed by atoms with Crippen LogP contribution in [0.1, 0.15) is 10.4 Å². The molecule has 2 N–H and O–H groups in total. The lowest BCUT2D eigenvalue weighted by molar-refractivity contribution is 0.0602. The van der Waals surface area contributed by atoms with Crippen molar-refractivity contribution < 1.29 is 14.3 Å². The summed E-state index contributed by atoms with van der Waals surface area (Å²) < 4.78 is 9.48. The average molecular weight is 250 g/mol. The van der Waals surface area contributed by atoms with Gasteiger partial charge in [0, 0.05) is 6.07 Å². The van der Waals surface area contributed by atoms with E-state index >= 15 is 0 Å². The number of hydrogen-bond acceptors (Lipinski definition) is 4. The number of nitrogens with two attached hydrogens (primary N) is 1. The largest absolute Gasteiger partial charge is 0.495 e. The fraction of sp³-hybridized carbons (Fsp3) is 0.222. The first kappa shape index (κ1) is 11.9. The predicted octanol–water partition coefficient (Wildman–Crippen LogP) is 2.37. The number of carbonyl (C=O) groups excluding carboxylic acids is 1. The van der Waals surface area contributed by atoms with Gasteiger partial charge in [-0.25, -0.2) is 4.79 Å². The Morgan fingerprint density at radius 2 is 2.00 bits per heavy atom. The van der Waals surface area contributed by atoms with Gasteiger partial charge in [-0.2, -0.15) is 0 Å². The van der Waals surface area contributed by atoms with E-state index < -0.39 is 5.97 Å². The molecule has 0 radical (unpaired) electrons. The van der Waals surface area contributed by atoms with E-state index in [-0.39, 0.29) is 27.0 Å². The summed E-state index contributed by atoms with van der Waals surface area (Å²) in [5.41, 5.74) is 5.80. The molecule has 0 spiro atoms. The lowest BCUT2D eigenvalue weighted by atomic mass is 10.1. The van der Waals surface area contributed by atoms with E-state index in [2.05, 4.69) is 4.74 Å². The van der Waals surface area contributed by atoms with Gasteiger partial charge >= 0.3 is 5.97 Å². The standard InChI is InChI=1S/C9H9Cl2NO3/c1-14-5-3-4(10)7(11)6(8(5)12)9(13)15-2/h3H,12H2,1-2H3. The normalized spacial score (nSPS) is 9.87. The molecular formula is C9H9Cl2NO3. The van der Waals surface area contributed by atoms with Crippen LogP contribution in [-0.4, -0.2) is 20.2 Å². The molecule has 82 valence electrons. The van der Waals surface area contributed by atoms with Gasteiger partial charge in [-0.05, 0) is 0 Å². The van der Waals surface area contributed by atoms with Crippen molar-refractivity contribution in [2.45, 2.75) is 0 Å². The van der Waals surface area contributed by atoms with Crippen molar-refractivity contribution in [3.63, 3.8) is 0 Å². The predicted molar refractivity (Wildman–Crippen MR) is 58.8 cm³/mol. The van der Waals surface area contributed by atoms with Crippen molar-refractivity contribution in [2.24, 2.45) is 0 Å². The second kappa shape index (κ2) is 4.59. The molecule has 0 unspecified atom stereocenters. The minimum Gasteiger partial charge on any atom is -0.495 e. The van der Waals surface area contributed by atoms with Crippen molar-refractivity contribution in [1.29, 1.82) is 0 Å². The number of nitrogen functional groups attached to an aromatic ring is 1. The molecule has 1 aromatic carbocycles. The molecule has 15 heavy (non-hydrogen) atoms. The summed E-state index contributed by atoms with van der Waals surface area (Å²) in [6.45, 7) is 0. The van der Waals surface area contributed by atoms with Gasteiger partial charge in [0.15, 0.2) is 0 Å². The maximum absolute atomic E-state index is 11.4. The molecule has 0 saturated carbocycles. The van der Waals surface area contributed by atoms with Gasteiger partial charge in [-0.1, -0.05) is 23.2 Å². The van der Waals surface area contributed by atoms with E-state index in [9.17, 15) is 4.79 Å². The number of hydrogen-bond donors (Lipinski definition) is 1. The van der Waals surface area contributed by atoms with Crippen LogP contribution < -0.4 is 10.5 Å². The van der Waals surface area contributed by atoms with Crippen molar-refractivity contribution >= 4 is 34.9 Å². The first-order valence-corrected chi connectivity index (χ1v) is 4.68. The van der Waals surface area contributed by atoms with E-state index in [0.29, 0.717) is 0 Å². The first-order chi connectivity index (χ1) is 7.02. The van der Waals surface area contributed by atoms with Crippen LogP contribution in [0.15, 0.2) is 6.07 Å². The Kier molecular flexibility index (Phi) is 3.66. The Labute approximate surface area is 96.9 Å². The molecule has 0 aliphatic rings. The molecule has 4 nitrogen and oxygen atoms in total. The first-order valence-electron chi connectivity index (χ1n) is 3.92. The van der Waals surface area contributed by atoms with Crippen molar-refractivity contribution in [3.8, 4) is 5.75 Å². The van der Waals surface area contributed by atoms with Gasteiger partial charge in [-0.15, -0.1) is 0 Å². The summed E-state index contributed by atoms with van der Waals surface area (Å²) >= 11 is 11.6. The number of methoxy groups -OCH3 is 2. The smallest absolute Gasteiger partial charge is 0.341 e. The summed E-state index contributed by atoms with van der Waals surface area (Å²) in [4.78, 5) is 11.4. The summed E-state index contributed by atoms with van der Waals surface area (Å²) in [7, 11) is 2.64. The van der Waals surface area contributed by atoms with Gasteiger partial charge in [0.05, 0.1) is 30.0 Å². The Bertz CT molecular complexity index is 407. The molecule has 1 rings (SSSR count). The summed E-state index contributed by atoms with van der Waals surface area (Å²) in [5, 5.41) is 0.241. The summed E-state index contributed by atoms with van der Waals surface area (Å²) in [6, 6.07) is 1.44. The second-order valence-corrected chi connectivity index (χ2v) is 3.44. The quantitative estimate of drug-likeness (QED) is 0.646. The van der Waals surface area contributed by atoms with Gasteiger partial charge in [0.25, 0.3) is 0 Å². The third-order valence-electron chi connectivity index (χ3n) is 1.83. The highest BCUT2D eigenvalue weighted by molar-refractivity contribution is 6.44. The van der Waals surface area contributed by atoms with Gasteiger partial charge < -0.3 is 15.2 Å². The average Bonchev–Trinajstić information content (AvgIpc) is 2.23. The zero-order valence-electron chi connectivity index (χ0n) is 8.14. The molecule has 0 aliphatic carbocycles. The lowest BCUT2D eigenvalue weighted by Crippen LogP contribution is -2.08. The summed E-state index contributed by atoms with van der Waals surface area (Å²) in [5.74, 6) is -0.372. The molecule has 6 heteroatoms. The fourth-order valence-electron chi connectivity index (χ4n) is 1.09. The molecule has 0 atom stereocenters. The van der Waals surface area contributed by atoms with E-state index in [1.54, 1.807) is 0 Å². The zero-order chi connectivity index (χ0) is 11.6. The highest BCUT2D eigenvalue weighted by Gasteiger charge is 2.21. The van der Waals surface area contributed by atoms with E-state index in [1.165, 1.54) is 20.3 Å². The summed E-state index contributed by atoms with van der Waals surface area (Å²) in [6.07, 6.45) is 0. The number of carbonyl (C=O) groups is 1. The molecule has 0 bridgehead atoms. The van der Waals surface area contributed by atoms with Crippen molar-refractivity contribution in [1.82, 2.24) is 0 Å². The van der Waals surface area contributed by atoms with Crippen LogP contribution >= 0.6 is 23.2 Å². The van der Waals surface area contributed by atoms with Gasteiger partial charge in [-0.3, -0.25) is 0 Å². The number of anilines is 1. The lowest BCUT2D eigenvalue weighted by Gasteiger charge is -2.11. The van der Waals surface area contributed by atoms with Crippen LogP contribution in [0, 0.1) is 0 Å². The molecule has 0 aliphatic heterocycles. The highest BCUT2D eigenvalue weighted by Crippen LogP contribution is 2.37. The molecule has 0 saturated heterocycles. The Balaban J connectivity index is 3.47. The fourth-order valence-corrected chi connectivity index (χ4v) is 1.51. The van der Waals surface area contributed by atoms with Crippen LogP contribution in [0.5, 0.6) is 5.75 Å². The number of benzene rings is 1. The Morgan fingerprint density at radius 3 is 2.47 bits per heavy atom. The van der Waals surface area contributed by atoms with Gasteiger partial charge in [0.2, 0.25) is 0 Å². The number of ether oxygens (including phenoxy) is 2. The number of halogens is 2. The molecule has 1 aromatic rings. The van der Waals surface area contributed by atoms with Crippen molar-refractivity contribution in [3.05, 3.63) is 21.7 Å². The van der Waals surface area contributed by atoms with E-state index in [4.69, 9.17) is 33.7 Å². The maximum atomic E-state index is 11.4. The topological polar surface area (TPSA) is 61.5 Å². The molecule has 0 amide bonds. The third-order valence-corrected chi connectivity index (χ3v) is 2.62. The van der Waals surface area contributed by atoms with Gasteiger partial charge in [0.1, 0.15) is 11.3 Å². The van der Waals surface area contributed by atoms with E-state index in [0.717, 1.165) is 0 Å². The SMILES string of the molecule is COC(=O)c1c(N)c(OC)cc(Cl)c1Cl. The van der Waals surface area contributed by atoms with E-state index in [1.807, 2.05) is 0 Å². The second-order valence-electron chi connectivity index (χ2n) is 2.65. The molecule has 0 fully saturated rings. The molecule has 0 aromatic heterocycles. The number of rotatable bonds is 2. The molecular weight excluding hydrogens is 241 g/mol. The van der Waals surface area contributed by atoms with Crippen molar-refractivity contribution in [2.75, 3.05) is 20.0 Å². The third kappa shape index (κ3) is 2.11. The Morgan fingerprint density at radius 1 is 1.40 bits per heavy atom. The zero-order valence-corrected chi connectivity index (χ0v) is 9.65. The highest BCUT2D eigenvalue weighted by atomic mass is 35.5. The van der Waals surface area contributed by atoms with Crippen LogP contribution in [-0.2, 0) is 4.74 Å². The molecule has 0 heterocycles. The number of esters is 1. The monoisotopic (exact) mass is 249 g/mol. The Hall–Kier alpha value is -1.13. The minimum absolute atomic E-state index is 0.0171. The minimum atomic E-state index is -0.654. The van der Waals surface area contributed by atoms with Crippen LogP contribution in [0.3, 0.4) is 0 Å². The van der Waals surface area contributed by atoms with Crippen LogP contribution in [0.2, 0.25) is 10.0 Å². The van der Waals surface area contributed by atoms with Crippen LogP contribution in [0.4, 0.5) is 5.69 Å². The van der Waals surface area contributed by atoms with Crippen LogP contribution in [0.25, 0.3) is 0 Å².